The number of rotatable bonds is 5. The molecule has 0 aliphatic heterocycles. The molecule has 4 aromatic rings. The minimum Gasteiger partial charge on any atom is -0.306 e. The second-order valence-electron chi connectivity index (χ2n) is 6.16. The Bertz CT molecular complexity index is 954. The summed E-state index contributed by atoms with van der Waals surface area (Å²) < 4.78 is 2.00. The summed E-state index contributed by atoms with van der Waals surface area (Å²) in [4.78, 5) is 8.61. The SMILES string of the molecule is C[C@H](NCc1cccc2cccnc12)c1ccc(-n2ccnc2)cc1. The van der Waals surface area contributed by atoms with Gasteiger partial charge in [0.25, 0.3) is 0 Å². The molecule has 0 aliphatic rings. The topological polar surface area (TPSA) is 42.7 Å². The van der Waals surface area contributed by atoms with Crippen molar-refractivity contribution in [1.82, 2.24) is 19.9 Å². The number of benzene rings is 2. The average Bonchev–Trinajstić information content (AvgIpc) is 3.21. The average molecular weight is 328 g/mol. The molecule has 0 radical (unpaired) electrons. The number of pyridine rings is 1. The minimum absolute atomic E-state index is 0.260. The van der Waals surface area contributed by atoms with E-state index in [1.165, 1.54) is 16.5 Å². The van der Waals surface area contributed by atoms with E-state index >= 15 is 0 Å². The van der Waals surface area contributed by atoms with E-state index in [4.69, 9.17) is 0 Å². The van der Waals surface area contributed by atoms with E-state index in [9.17, 15) is 0 Å². The van der Waals surface area contributed by atoms with Gasteiger partial charge in [0.05, 0.1) is 11.8 Å². The number of fused-ring (bicyclic) bond motifs is 1. The van der Waals surface area contributed by atoms with Crippen molar-refractivity contribution in [1.29, 1.82) is 0 Å². The van der Waals surface area contributed by atoms with Gasteiger partial charge in [0.1, 0.15) is 0 Å². The lowest BCUT2D eigenvalue weighted by Crippen LogP contribution is -2.18. The van der Waals surface area contributed by atoms with E-state index in [0.29, 0.717) is 0 Å². The summed E-state index contributed by atoms with van der Waals surface area (Å²) in [5, 5.41) is 4.78. The first kappa shape index (κ1) is 15.5. The van der Waals surface area contributed by atoms with Crippen molar-refractivity contribution in [2.75, 3.05) is 0 Å². The predicted octanol–water partition coefficient (Wildman–Crippen LogP) is 4.27. The molecule has 25 heavy (non-hydrogen) atoms. The fourth-order valence-corrected chi connectivity index (χ4v) is 3.04. The summed E-state index contributed by atoms with van der Waals surface area (Å²) in [5.41, 5.74) is 4.67. The molecule has 1 atom stereocenters. The molecule has 2 aromatic carbocycles. The first-order valence-electron chi connectivity index (χ1n) is 8.45. The Hall–Kier alpha value is -2.98. The second kappa shape index (κ2) is 6.87. The smallest absolute Gasteiger partial charge is 0.0991 e. The van der Waals surface area contributed by atoms with Gasteiger partial charge < -0.3 is 9.88 Å². The Kier molecular flexibility index (Phi) is 4.27. The van der Waals surface area contributed by atoms with Crippen molar-refractivity contribution in [2.45, 2.75) is 19.5 Å². The van der Waals surface area contributed by atoms with E-state index < -0.39 is 0 Å². The third-order valence-corrected chi connectivity index (χ3v) is 4.51. The van der Waals surface area contributed by atoms with Gasteiger partial charge in [-0.25, -0.2) is 4.98 Å². The zero-order valence-corrected chi connectivity index (χ0v) is 14.1. The molecule has 0 unspecified atom stereocenters. The first-order valence-corrected chi connectivity index (χ1v) is 8.45. The number of para-hydroxylation sites is 1. The third kappa shape index (κ3) is 3.30. The van der Waals surface area contributed by atoms with Crippen LogP contribution in [0.15, 0.2) is 79.5 Å². The highest BCUT2D eigenvalue weighted by atomic mass is 15.0. The zero-order chi connectivity index (χ0) is 17.1. The van der Waals surface area contributed by atoms with Crippen molar-refractivity contribution in [2.24, 2.45) is 0 Å². The van der Waals surface area contributed by atoms with Crippen molar-refractivity contribution in [3.63, 3.8) is 0 Å². The van der Waals surface area contributed by atoms with Gasteiger partial charge in [0.2, 0.25) is 0 Å². The van der Waals surface area contributed by atoms with E-state index in [1.54, 1.807) is 6.20 Å². The van der Waals surface area contributed by atoms with E-state index in [2.05, 4.69) is 70.7 Å². The van der Waals surface area contributed by atoms with Crippen LogP contribution in [-0.2, 0) is 6.54 Å². The van der Waals surface area contributed by atoms with Crippen LogP contribution in [0, 0.1) is 0 Å². The lowest BCUT2D eigenvalue weighted by atomic mass is 10.1. The molecule has 2 aromatic heterocycles. The number of hydrogen-bond acceptors (Lipinski definition) is 3. The lowest BCUT2D eigenvalue weighted by molar-refractivity contribution is 0.576. The molecule has 0 fully saturated rings. The largest absolute Gasteiger partial charge is 0.306 e. The molecule has 0 aliphatic carbocycles. The van der Waals surface area contributed by atoms with Crippen LogP contribution in [0.3, 0.4) is 0 Å². The van der Waals surface area contributed by atoms with Gasteiger partial charge in [0.15, 0.2) is 0 Å². The Labute approximate surface area is 147 Å². The monoisotopic (exact) mass is 328 g/mol. The van der Waals surface area contributed by atoms with Crippen LogP contribution in [0.25, 0.3) is 16.6 Å². The fraction of sp³-hybridized carbons (Fsp3) is 0.143. The number of imidazole rings is 1. The number of nitrogens with one attached hydrogen (secondary N) is 1. The van der Waals surface area contributed by atoms with Crippen molar-refractivity contribution in [3.8, 4) is 5.69 Å². The fourth-order valence-electron chi connectivity index (χ4n) is 3.04. The second-order valence-corrected chi connectivity index (χ2v) is 6.16. The van der Waals surface area contributed by atoms with Gasteiger partial charge in [-0.05, 0) is 36.2 Å². The van der Waals surface area contributed by atoms with Crippen molar-refractivity contribution >= 4 is 10.9 Å². The first-order chi connectivity index (χ1) is 12.3. The minimum atomic E-state index is 0.260. The maximum absolute atomic E-state index is 4.52. The van der Waals surface area contributed by atoms with Gasteiger partial charge in [-0.15, -0.1) is 0 Å². The molecular formula is C21H20N4. The van der Waals surface area contributed by atoms with Gasteiger partial charge in [-0.1, -0.05) is 36.4 Å². The van der Waals surface area contributed by atoms with Gasteiger partial charge >= 0.3 is 0 Å². The lowest BCUT2D eigenvalue weighted by Gasteiger charge is -2.16. The van der Waals surface area contributed by atoms with Gasteiger partial charge in [0, 0.05) is 42.3 Å². The normalized spacial score (nSPS) is 12.4. The molecule has 0 amide bonds. The van der Waals surface area contributed by atoms with Crippen LogP contribution in [-0.4, -0.2) is 14.5 Å². The highest BCUT2D eigenvalue weighted by Crippen LogP contribution is 2.19. The summed E-state index contributed by atoms with van der Waals surface area (Å²) in [7, 11) is 0. The van der Waals surface area contributed by atoms with Crippen LogP contribution in [0.2, 0.25) is 0 Å². The van der Waals surface area contributed by atoms with E-state index in [-0.39, 0.29) is 6.04 Å². The van der Waals surface area contributed by atoms with Crippen molar-refractivity contribution in [3.05, 3.63) is 90.6 Å². The number of nitrogens with zero attached hydrogens (tertiary/aromatic N) is 3. The predicted molar refractivity (Wildman–Crippen MR) is 101 cm³/mol. The Balaban J connectivity index is 1.47. The highest BCUT2D eigenvalue weighted by molar-refractivity contribution is 5.81. The van der Waals surface area contributed by atoms with E-state index in [1.807, 2.05) is 29.4 Å². The Morgan fingerprint density at radius 1 is 1.00 bits per heavy atom. The molecule has 0 saturated heterocycles. The molecule has 4 heteroatoms. The molecule has 4 nitrogen and oxygen atoms in total. The number of aromatic nitrogens is 3. The molecule has 4 rings (SSSR count). The van der Waals surface area contributed by atoms with Crippen LogP contribution >= 0.6 is 0 Å². The summed E-state index contributed by atoms with van der Waals surface area (Å²) in [6.07, 6.45) is 7.40. The third-order valence-electron chi connectivity index (χ3n) is 4.51. The Morgan fingerprint density at radius 3 is 2.64 bits per heavy atom. The van der Waals surface area contributed by atoms with Crippen LogP contribution in [0.4, 0.5) is 0 Å². The molecule has 2 heterocycles. The van der Waals surface area contributed by atoms with E-state index in [0.717, 1.165) is 17.7 Å². The summed E-state index contributed by atoms with van der Waals surface area (Å²) in [6.45, 7) is 2.98. The quantitative estimate of drug-likeness (QED) is 0.595. The maximum Gasteiger partial charge on any atom is 0.0991 e. The van der Waals surface area contributed by atoms with Crippen molar-refractivity contribution < 1.29 is 0 Å². The van der Waals surface area contributed by atoms with Crippen LogP contribution in [0.5, 0.6) is 0 Å². The zero-order valence-electron chi connectivity index (χ0n) is 14.1. The molecule has 0 bridgehead atoms. The molecular weight excluding hydrogens is 308 g/mol. The summed E-state index contributed by atoms with van der Waals surface area (Å²) >= 11 is 0. The highest BCUT2D eigenvalue weighted by Gasteiger charge is 2.07. The van der Waals surface area contributed by atoms with Crippen LogP contribution in [0.1, 0.15) is 24.1 Å². The number of hydrogen-bond donors (Lipinski definition) is 1. The maximum atomic E-state index is 4.52. The molecule has 124 valence electrons. The molecule has 0 spiro atoms. The summed E-state index contributed by atoms with van der Waals surface area (Å²) in [6, 6.07) is 19.2. The molecule has 1 N–H and O–H groups in total. The van der Waals surface area contributed by atoms with Gasteiger partial charge in [-0.3, -0.25) is 4.98 Å². The van der Waals surface area contributed by atoms with Crippen LogP contribution < -0.4 is 5.32 Å². The summed E-state index contributed by atoms with van der Waals surface area (Å²) in [5.74, 6) is 0. The molecule has 0 saturated carbocycles. The Morgan fingerprint density at radius 2 is 1.84 bits per heavy atom. The standard InChI is InChI=1S/C21H20N4/c1-16(17-7-9-20(10-8-17)25-13-12-22-15-25)24-14-19-5-2-4-18-6-3-11-23-21(18)19/h2-13,15-16,24H,14H2,1H3/t16-/m0/s1. The van der Waals surface area contributed by atoms with Gasteiger partial charge in [-0.2, -0.15) is 0 Å².